The molecule has 0 bridgehead atoms. The van der Waals surface area contributed by atoms with Gasteiger partial charge in [0, 0.05) is 25.7 Å². The summed E-state index contributed by atoms with van der Waals surface area (Å²) in [5.41, 5.74) is 0.754. The van der Waals surface area contributed by atoms with E-state index < -0.39 is 5.60 Å². The number of allylic oxidation sites excluding steroid dienone is 2. The van der Waals surface area contributed by atoms with Gasteiger partial charge in [0.25, 0.3) is 0 Å². The summed E-state index contributed by atoms with van der Waals surface area (Å²) in [6.45, 7) is 12.1. The Balaban J connectivity index is 2.15. The van der Waals surface area contributed by atoms with Crippen molar-refractivity contribution in [3.8, 4) is 0 Å². The number of nitrogens with zero attached hydrogens (tertiary/aromatic N) is 1. The number of hydrogen-bond donors (Lipinski definition) is 0. The number of hydrogen-bond acceptors (Lipinski definition) is 4. The van der Waals surface area contributed by atoms with Crippen LogP contribution in [0.15, 0.2) is 36.4 Å². The summed E-state index contributed by atoms with van der Waals surface area (Å²) in [5, 5.41) is 0. The third-order valence-electron chi connectivity index (χ3n) is 4.71. The van der Waals surface area contributed by atoms with Crippen LogP contribution < -0.4 is 0 Å². The summed E-state index contributed by atoms with van der Waals surface area (Å²) >= 11 is 0. The monoisotopic (exact) mass is 307 g/mol. The van der Waals surface area contributed by atoms with Gasteiger partial charge in [-0.25, -0.2) is 0 Å². The normalized spacial score (nSPS) is 27.9. The van der Waals surface area contributed by atoms with Gasteiger partial charge in [-0.1, -0.05) is 13.5 Å². The molecule has 124 valence electrons. The summed E-state index contributed by atoms with van der Waals surface area (Å²) in [4.78, 5) is 2.26. The second kappa shape index (κ2) is 7.34. The third-order valence-corrected chi connectivity index (χ3v) is 4.71. The van der Waals surface area contributed by atoms with Gasteiger partial charge in [-0.15, -0.1) is 0 Å². The highest BCUT2D eigenvalue weighted by Gasteiger charge is 2.45. The first-order valence-corrected chi connectivity index (χ1v) is 8.17. The maximum atomic E-state index is 5.91. The van der Waals surface area contributed by atoms with Crippen molar-refractivity contribution in [2.75, 3.05) is 26.9 Å². The van der Waals surface area contributed by atoms with E-state index >= 15 is 0 Å². The first kappa shape index (κ1) is 17.1. The molecule has 0 unspecified atom stereocenters. The second-order valence-corrected chi connectivity index (χ2v) is 6.02. The zero-order chi connectivity index (χ0) is 16.2. The molecule has 0 spiro atoms. The molecule has 0 heterocycles. The highest BCUT2D eigenvalue weighted by molar-refractivity contribution is 5.34. The molecule has 1 saturated carbocycles. The lowest BCUT2D eigenvalue weighted by Crippen LogP contribution is -2.46. The molecule has 4 nitrogen and oxygen atoms in total. The fourth-order valence-corrected chi connectivity index (χ4v) is 2.92. The molecule has 2 atom stereocenters. The fourth-order valence-electron chi connectivity index (χ4n) is 2.92. The van der Waals surface area contributed by atoms with E-state index in [0.29, 0.717) is 25.9 Å². The lowest BCUT2D eigenvalue weighted by Gasteiger charge is -2.43. The minimum atomic E-state index is -0.410. The molecular formula is C18H29NO3. The van der Waals surface area contributed by atoms with E-state index in [4.69, 9.17) is 14.2 Å². The van der Waals surface area contributed by atoms with Crippen molar-refractivity contribution in [2.45, 2.75) is 45.3 Å². The lowest BCUT2D eigenvalue weighted by atomic mass is 9.81. The predicted octanol–water partition coefficient (Wildman–Crippen LogP) is 3.47. The number of ether oxygens (including phenoxy) is 3. The van der Waals surface area contributed by atoms with E-state index in [1.165, 1.54) is 12.8 Å². The van der Waals surface area contributed by atoms with Crippen LogP contribution in [-0.2, 0) is 14.2 Å². The van der Waals surface area contributed by atoms with Crippen LogP contribution in [0, 0.1) is 5.92 Å². The van der Waals surface area contributed by atoms with Crippen molar-refractivity contribution >= 4 is 0 Å². The summed E-state index contributed by atoms with van der Waals surface area (Å²) in [5.74, 6) is 1.09. The van der Waals surface area contributed by atoms with Crippen LogP contribution in [0.2, 0.25) is 0 Å². The van der Waals surface area contributed by atoms with Gasteiger partial charge in [0.1, 0.15) is 18.0 Å². The summed E-state index contributed by atoms with van der Waals surface area (Å²) < 4.78 is 17.1. The van der Waals surface area contributed by atoms with Crippen molar-refractivity contribution in [1.29, 1.82) is 0 Å². The molecule has 0 aromatic carbocycles. The SMILES string of the molecule is C=CN(C1=CC=C(OCCOCC)[C@H](C)[C@]1(C)OC)C1CC1. The fraction of sp³-hybridized carbons (Fsp3) is 0.667. The molecule has 0 aliphatic heterocycles. The Morgan fingerprint density at radius 2 is 2.09 bits per heavy atom. The first-order valence-electron chi connectivity index (χ1n) is 8.17. The van der Waals surface area contributed by atoms with Gasteiger partial charge >= 0.3 is 0 Å². The van der Waals surface area contributed by atoms with E-state index in [2.05, 4.69) is 37.5 Å². The highest BCUT2D eigenvalue weighted by Crippen LogP contribution is 2.43. The molecule has 1 fully saturated rings. The Morgan fingerprint density at radius 1 is 1.36 bits per heavy atom. The largest absolute Gasteiger partial charge is 0.495 e. The third kappa shape index (κ3) is 3.39. The first-order chi connectivity index (χ1) is 10.6. The van der Waals surface area contributed by atoms with Gasteiger partial charge in [0.05, 0.1) is 12.3 Å². The topological polar surface area (TPSA) is 30.9 Å². The van der Waals surface area contributed by atoms with E-state index in [1.807, 2.05) is 13.1 Å². The molecule has 0 saturated heterocycles. The second-order valence-electron chi connectivity index (χ2n) is 6.02. The van der Waals surface area contributed by atoms with Crippen molar-refractivity contribution in [2.24, 2.45) is 5.92 Å². The van der Waals surface area contributed by atoms with Crippen molar-refractivity contribution in [1.82, 2.24) is 4.90 Å². The van der Waals surface area contributed by atoms with Crippen LogP contribution in [0.1, 0.15) is 33.6 Å². The Morgan fingerprint density at radius 3 is 2.64 bits per heavy atom. The average Bonchev–Trinajstić information content (AvgIpc) is 3.35. The maximum absolute atomic E-state index is 5.91. The smallest absolute Gasteiger partial charge is 0.114 e. The zero-order valence-corrected chi connectivity index (χ0v) is 14.3. The minimum absolute atomic E-state index is 0.139. The van der Waals surface area contributed by atoms with Gasteiger partial charge in [-0.3, -0.25) is 0 Å². The Kier molecular flexibility index (Phi) is 5.70. The van der Waals surface area contributed by atoms with Crippen molar-refractivity contribution < 1.29 is 14.2 Å². The van der Waals surface area contributed by atoms with Gasteiger partial charge in [0.15, 0.2) is 0 Å². The summed E-state index contributed by atoms with van der Waals surface area (Å²) in [6.07, 6.45) is 8.53. The molecule has 2 aliphatic rings. The minimum Gasteiger partial charge on any atom is -0.495 e. The van der Waals surface area contributed by atoms with E-state index in [-0.39, 0.29) is 5.92 Å². The quantitative estimate of drug-likeness (QED) is 0.610. The van der Waals surface area contributed by atoms with E-state index in [0.717, 1.165) is 11.5 Å². The Hall–Kier alpha value is -1.26. The van der Waals surface area contributed by atoms with Crippen molar-refractivity contribution in [3.63, 3.8) is 0 Å². The molecule has 4 heteroatoms. The average molecular weight is 307 g/mol. The van der Waals surface area contributed by atoms with Gasteiger partial charge in [-0.05, 0) is 45.0 Å². The Labute approximate surface area is 134 Å². The number of methoxy groups -OCH3 is 1. The molecule has 0 radical (unpaired) electrons. The van der Waals surface area contributed by atoms with Gasteiger partial charge in [0.2, 0.25) is 0 Å². The van der Waals surface area contributed by atoms with E-state index in [1.54, 1.807) is 7.11 Å². The van der Waals surface area contributed by atoms with Gasteiger partial charge < -0.3 is 19.1 Å². The molecular weight excluding hydrogens is 278 g/mol. The summed E-state index contributed by atoms with van der Waals surface area (Å²) in [6, 6.07) is 0.569. The van der Waals surface area contributed by atoms with E-state index in [9.17, 15) is 0 Å². The van der Waals surface area contributed by atoms with Crippen molar-refractivity contribution in [3.05, 3.63) is 36.4 Å². The molecule has 2 rings (SSSR count). The lowest BCUT2D eigenvalue weighted by molar-refractivity contribution is -0.0359. The maximum Gasteiger partial charge on any atom is 0.114 e. The highest BCUT2D eigenvalue weighted by atomic mass is 16.5. The van der Waals surface area contributed by atoms with Crippen LogP contribution >= 0.6 is 0 Å². The van der Waals surface area contributed by atoms with Gasteiger partial charge in [-0.2, -0.15) is 0 Å². The summed E-state index contributed by atoms with van der Waals surface area (Å²) in [7, 11) is 1.77. The zero-order valence-electron chi connectivity index (χ0n) is 14.3. The number of rotatable bonds is 9. The van der Waals surface area contributed by atoms with Crippen LogP contribution in [0.3, 0.4) is 0 Å². The molecule has 0 N–H and O–H groups in total. The molecule has 2 aliphatic carbocycles. The molecule has 22 heavy (non-hydrogen) atoms. The predicted molar refractivity (Wildman–Crippen MR) is 88.2 cm³/mol. The Bertz CT molecular complexity index is 453. The molecule has 0 amide bonds. The van der Waals surface area contributed by atoms with Crippen LogP contribution in [0.5, 0.6) is 0 Å². The molecule has 0 aromatic rings. The van der Waals surface area contributed by atoms with Crippen LogP contribution in [0.25, 0.3) is 0 Å². The standard InChI is InChI=1S/C18H29NO3/c1-6-19(15-8-9-15)17-11-10-16(22-13-12-21-7-2)14(3)18(17,4)20-5/h6,10-11,14-15H,1,7-9,12-13H2,2-5H3/t14-,18-/m0/s1. The van der Waals surface area contributed by atoms with Crippen LogP contribution in [0.4, 0.5) is 0 Å². The molecule has 0 aromatic heterocycles. The van der Waals surface area contributed by atoms with Crippen LogP contribution in [-0.4, -0.2) is 43.5 Å².